The number of carbonyl (C=O) groups excluding carboxylic acids is 1. The number of amides is 1. The van der Waals surface area contributed by atoms with Gasteiger partial charge in [0.1, 0.15) is 17.3 Å². The van der Waals surface area contributed by atoms with Crippen LogP contribution in [0.2, 0.25) is 0 Å². The molecule has 1 unspecified atom stereocenters. The number of nitrogens with one attached hydrogen (secondary N) is 2. The summed E-state index contributed by atoms with van der Waals surface area (Å²) in [5.41, 5.74) is 2.12. The molecule has 0 saturated carbocycles. The lowest BCUT2D eigenvalue weighted by atomic mass is 10.1. The van der Waals surface area contributed by atoms with Gasteiger partial charge in [-0.05, 0) is 49.2 Å². The van der Waals surface area contributed by atoms with Crippen molar-refractivity contribution < 1.29 is 9.18 Å². The molecule has 8 nitrogen and oxygen atoms in total. The average molecular weight is 432 g/mol. The largest absolute Gasteiger partial charge is 0.349 e. The molecule has 3 heterocycles. The quantitative estimate of drug-likeness (QED) is 0.518. The Kier molecular flexibility index (Phi) is 5.14. The van der Waals surface area contributed by atoms with Gasteiger partial charge in [0, 0.05) is 30.8 Å². The molecule has 0 fully saturated rings. The van der Waals surface area contributed by atoms with Gasteiger partial charge >= 0.3 is 5.69 Å². The van der Waals surface area contributed by atoms with Gasteiger partial charge in [0.25, 0.3) is 5.91 Å². The van der Waals surface area contributed by atoms with Crippen molar-refractivity contribution in [3.63, 3.8) is 0 Å². The van der Waals surface area contributed by atoms with Crippen molar-refractivity contribution in [2.75, 3.05) is 0 Å². The van der Waals surface area contributed by atoms with Gasteiger partial charge in [0.2, 0.25) is 0 Å². The molecule has 2 aromatic carbocycles. The van der Waals surface area contributed by atoms with E-state index in [0.717, 1.165) is 5.69 Å². The number of hydrogen-bond donors (Lipinski definition) is 2. The van der Waals surface area contributed by atoms with Gasteiger partial charge in [0.05, 0.1) is 11.3 Å². The van der Waals surface area contributed by atoms with Crippen molar-refractivity contribution >= 4 is 5.91 Å². The number of carbonyl (C=O) groups is 1. The van der Waals surface area contributed by atoms with E-state index in [-0.39, 0.29) is 23.5 Å². The fourth-order valence-electron chi connectivity index (χ4n) is 3.99. The minimum Gasteiger partial charge on any atom is -0.349 e. The predicted molar refractivity (Wildman–Crippen MR) is 116 cm³/mol. The van der Waals surface area contributed by atoms with E-state index < -0.39 is 0 Å². The molecule has 2 N–H and O–H groups in total. The summed E-state index contributed by atoms with van der Waals surface area (Å²) in [5, 5.41) is 14.2. The van der Waals surface area contributed by atoms with E-state index in [1.165, 1.54) is 12.1 Å². The van der Waals surface area contributed by atoms with Crippen molar-refractivity contribution in [2.24, 2.45) is 0 Å². The topological polar surface area (TPSA) is 97.6 Å². The minimum absolute atomic E-state index is 0.107. The first kappa shape index (κ1) is 19.9. The molecule has 1 amide bonds. The first-order chi connectivity index (χ1) is 15.6. The van der Waals surface area contributed by atoms with E-state index in [9.17, 15) is 14.0 Å². The Bertz CT molecular complexity index is 1310. The maximum atomic E-state index is 13.5. The standard InChI is InChI=1S/C23H21FN6O2/c24-16-8-6-15(7-9-16)21-19(14-30(28-21)18-4-2-1-3-5-18)22(31)25-17-10-11-20-26-27-23(32)29(20)13-12-17/h1-9,14,17H,10-13H2,(H,25,31)(H,27,32). The maximum absolute atomic E-state index is 13.5. The van der Waals surface area contributed by atoms with E-state index in [1.807, 2.05) is 30.3 Å². The third kappa shape index (κ3) is 3.84. The maximum Gasteiger partial charge on any atom is 0.343 e. The highest BCUT2D eigenvalue weighted by Crippen LogP contribution is 2.25. The normalized spacial score (nSPS) is 15.7. The van der Waals surface area contributed by atoms with Crippen molar-refractivity contribution in [1.82, 2.24) is 29.9 Å². The highest BCUT2D eigenvalue weighted by molar-refractivity contribution is 6.00. The smallest absolute Gasteiger partial charge is 0.343 e. The van der Waals surface area contributed by atoms with Gasteiger partial charge in [-0.15, -0.1) is 0 Å². The molecule has 32 heavy (non-hydrogen) atoms. The Labute approximate surface area is 182 Å². The second kappa shape index (κ2) is 8.26. The van der Waals surface area contributed by atoms with Gasteiger partial charge in [-0.1, -0.05) is 18.2 Å². The molecule has 162 valence electrons. The second-order valence-corrected chi connectivity index (χ2v) is 7.77. The molecule has 4 aromatic rings. The zero-order valence-corrected chi connectivity index (χ0v) is 17.2. The van der Waals surface area contributed by atoms with E-state index in [2.05, 4.69) is 20.6 Å². The van der Waals surface area contributed by atoms with Crippen LogP contribution in [0, 0.1) is 5.82 Å². The Morgan fingerprint density at radius 1 is 1.09 bits per heavy atom. The van der Waals surface area contributed by atoms with Gasteiger partial charge in [-0.25, -0.2) is 19.0 Å². The van der Waals surface area contributed by atoms with Crippen molar-refractivity contribution in [3.8, 4) is 16.9 Å². The van der Waals surface area contributed by atoms with Crippen LogP contribution in [-0.4, -0.2) is 36.5 Å². The van der Waals surface area contributed by atoms with E-state index in [0.29, 0.717) is 48.5 Å². The number of aryl methyl sites for hydroxylation is 1. The fraction of sp³-hybridized carbons (Fsp3) is 0.217. The van der Waals surface area contributed by atoms with Crippen LogP contribution in [0.5, 0.6) is 0 Å². The molecular weight excluding hydrogens is 411 g/mol. The molecule has 5 rings (SSSR count). The summed E-state index contributed by atoms with van der Waals surface area (Å²) in [5.74, 6) is 0.0915. The van der Waals surface area contributed by atoms with E-state index >= 15 is 0 Å². The number of nitrogens with zero attached hydrogens (tertiary/aromatic N) is 4. The van der Waals surface area contributed by atoms with Crippen LogP contribution in [0.4, 0.5) is 4.39 Å². The van der Waals surface area contributed by atoms with Crippen LogP contribution in [0.25, 0.3) is 16.9 Å². The van der Waals surface area contributed by atoms with Gasteiger partial charge < -0.3 is 5.32 Å². The summed E-state index contributed by atoms with van der Waals surface area (Å²) in [7, 11) is 0. The number of benzene rings is 2. The van der Waals surface area contributed by atoms with Crippen LogP contribution in [0.15, 0.2) is 65.6 Å². The lowest BCUT2D eigenvalue weighted by molar-refractivity contribution is 0.0933. The Morgan fingerprint density at radius 2 is 1.88 bits per heavy atom. The molecule has 1 atom stereocenters. The third-order valence-electron chi connectivity index (χ3n) is 5.69. The molecule has 1 aliphatic rings. The minimum atomic E-state index is -0.354. The number of hydrogen-bond acceptors (Lipinski definition) is 4. The summed E-state index contributed by atoms with van der Waals surface area (Å²) >= 11 is 0. The summed E-state index contributed by atoms with van der Waals surface area (Å²) in [6.45, 7) is 0.490. The summed E-state index contributed by atoms with van der Waals surface area (Å²) in [6.07, 6.45) is 3.58. The Morgan fingerprint density at radius 3 is 2.66 bits per heavy atom. The lowest BCUT2D eigenvalue weighted by Gasteiger charge is -2.15. The van der Waals surface area contributed by atoms with Crippen molar-refractivity contribution in [3.05, 3.63) is 88.5 Å². The Balaban J connectivity index is 1.43. The van der Waals surface area contributed by atoms with Gasteiger partial charge in [-0.2, -0.15) is 10.2 Å². The fourth-order valence-corrected chi connectivity index (χ4v) is 3.99. The summed E-state index contributed by atoms with van der Waals surface area (Å²) in [6, 6.07) is 15.3. The number of rotatable bonds is 4. The van der Waals surface area contributed by atoms with Crippen LogP contribution in [0.3, 0.4) is 0 Å². The van der Waals surface area contributed by atoms with E-state index in [4.69, 9.17) is 0 Å². The monoisotopic (exact) mass is 432 g/mol. The van der Waals surface area contributed by atoms with E-state index in [1.54, 1.807) is 27.6 Å². The number of halogens is 1. The molecule has 0 spiro atoms. The number of aromatic amines is 1. The first-order valence-corrected chi connectivity index (χ1v) is 10.4. The highest BCUT2D eigenvalue weighted by atomic mass is 19.1. The molecule has 2 aromatic heterocycles. The van der Waals surface area contributed by atoms with Crippen molar-refractivity contribution in [2.45, 2.75) is 31.8 Å². The molecule has 0 bridgehead atoms. The molecule has 1 aliphatic heterocycles. The second-order valence-electron chi connectivity index (χ2n) is 7.77. The molecular formula is C23H21FN6O2. The van der Waals surface area contributed by atoms with Crippen LogP contribution in [0.1, 0.15) is 29.0 Å². The summed E-state index contributed by atoms with van der Waals surface area (Å²) < 4.78 is 16.7. The lowest BCUT2D eigenvalue weighted by Crippen LogP contribution is -2.35. The molecule has 0 saturated heterocycles. The molecule has 9 heteroatoms. The zero-order valence-electron chi connectivity index (χ0n) is 17.2. The molecule has 0 radical (unpaired) electrons. The van der Waals surface area contributed by atoms with Crippen LogP contribution in [-0.2, 0) is 13.0 Å². The Hall–Kier alpha value is -4.01. The number of fused-ring (bicyclic) bond motifs is 1. The van der Waals surface area contributed by atoms with Gasteiger partial charge in [-0.3, -0.25) is 9.36 Å². The number of para-hydroxylation sites is 1. The average Bonchev–Trinajstić information content (AvgIpc) is 3.35. The zero-order chi connectivity index (χ0) is 22.1. The highest BCUT2D eigenvalue weighted by Gasteiger charge is 2.24. The van der Waals surface area contributed by atoms with Gasteiger partial charge in [0.15, 0.2) is 0 Å². The van der Waals surface area contributed by atoms with Crippen LogP contribution >= 0.6 is 0 Å². The predicted octanol–water partition coefficient (Wildman–Crippen LogP) is 2.70. The first-order valence-electron chi connectivity index (χ1n) is 10.4. The third-order valence-corrected chi connectivity index (χ3v) is 5.69. The van der Waals surface area contributed by atoms with Crippen molar-refractivity contribution in [1.29, 1.82) is 0 Å². The van der Waals surface area contributed by atoms with Crippen LogP contribution < -0.4 is 11.0 Å². The molecule has 0 aliphatic carbocycles. The summed E-state index contributed by atoms with van der Waals surface area (Å²) in [4.78, 5) is 25.1. The SMILES string of the molecule is O=C(NC1CCc2n[nH]c(=O)n2CC1)c1cn(-c2ccccc2)nc1-c1ccc(F)cc1. The number of aromatic nitrogens is 5. The number of H-pyrrole nitrogens is 1.